The zero-order valence-electron chi connectivity index (χ0n) is 13.7. The van der Waals surface area contributed by atoms with E-state index >= 15 is 0 Å². The number of aryl methyl sites for hydroxylation is 1. The predicted octanol–water partition coefficient (Wildman–Crippen LogP) is 4.48. The molecule has 1 aromatic carbocycles. The van der Waals surface area contributed by atoms with Crippen molar-refractivity contribution >= 4 is 17.2 Å². The molecule has 0 aliphatic carbocycles. The first-order valence-corrected chi connectivity index (χ1v) is 9.03. The number of thiophene rings is 1. The molecule has 23 heavy (non-hydrogen) atoms. The van der Waals surface area contributed by atoms with Crippen LogP contribution in [0.4, 0.5) is 0 Å². The van der Waals surface area contributed by atoms with Gasteiger partial charge < -0.3 is 9.64 Å². The van der Waals surface area contributed by atoms with E-state index in [1.165, 1.54) is 17.5 Å². The Kier molecular flexibility index (Phi) is 5.01. The largest absolute Gasteiger partial charge is 0.497 e. The Morgan fingerprint density at radius 2 is 2.04 bits per heavy atom. The van der Waals surface area contributed by atoms with Crippen molar-refractivity contribution in [1.29, 1.82) is 0 Å². The van der Waals surface area contributed by atoms with Crippen LogP contribution in [0, 0.1) is 6.92 Å². The molecule has 0 spiro atoms. The van der Waals surface area contributed by atoms with Gasteiger partial charge in [0.1, 0.15) is 5.75 Å². The molecule has 1 aliphatic heterocycles. The van der Waals surface area contributed by atoms with Gasteiger partial charge in [0, 0.05) is 19.0 Å². The molecule has 2 heterocycles. The summed E-state index contributed by atoms with van der Waals surface area (Å²) in [6.45, 7) is 3.71. The number of carbonyl (C=O) groups is 1. The van der Waals surface area contributed by atoms with Crippen molar-refractivity contribution in [3.63, 3.8) is 0 Å². The molecule has 1 saturated heterocycles. The standard InChI is InChI=1S/C19H23NO2S/c1-14-11-18(23-13-14)19(21)20-10-4-3-5-16(12-20)15-6-8-17(22-2)9-7-15/h6-9,11,13,16H,3-5,10,12H2,1-2H3/t16-/m0/s1. The minimum absolute atomic E-state index is 0.184. The highest BCUT2D eigenvalue weighted by atomic mass is 32.1. The zero-order valence-corrected chi connectivity index (χ0v) is 14.6. The normalized spacial score (nSPS) is 18.5. The topological polar surface area (TPSA) is 29.5 Å². The summed E-state index contributed by atoms with van der Waals surface area (Å²) in [6, 6.07) is 10.3. The summed E-state index contributed by atoms with van der Waals surface area (Å²) >= 11 is 1.55. The second-order valence-corrected chi connectivity index (χ2v) is 7.12. The molecular formula is C19H23NO2S. The van der Waals surface area contributed by atoms with Gasteiger partial charge in [-0.1, -0.05) is 18.6 Å². The van der Waals surface area contributed by atoms with Crippen LogP contribution in [-0.2, 0) is 0 Å². The van der Waals surface area contributed by atoms with Gasteiger partial charge in [-0.15, -0.1) is 11.3 Å². The van der Waals surface area contributed by atoms with E-state index < -0.39 is 0 Å². The van der Waals surface area contributed by atoms with Crippen LogP contribution >= 0.6 is 11.3 Å². The van der Waals surface area contributed by atoms with Gasteiger partial charge in [-0.2, -0.15) is 0 Å². The Bertz CT molecular complexity index is 662. The first kappa shape index (κ1) is 16.1. The van der Waals surface area contributed by atoms with Crippen molar-refractivity contribution in [1.82, 2.24) is 4.90 Å². The van der Waals surface area contributed by atoms with E-state index in [2.05, 4.69) is 12.1 Å². The van der Waals surface area contributed by atoms with E-state index in [9.17, 15) is 4.79 Å². The second kappa shape index (κ2) is 7.18. The SMILES string of the molecule is COc1ccc([C@H]2CCCCN(C(=O)c3cc(C)cs3)C2)cc1. The Morgan fingerprint density at radius 3 is 2.70 bits per heavy atom. The smallest absolute Gasteiger partial charge is 0.263 e. The van der Waals surface area contributed by atoms with Gasteiger partial charge in [-0.3, -0.25) is 4.79 Å². The number of amides is 1. The van der Waals surface area contributed by atoms with E-state index in [4.69, 9.17) is 4.74 Å². The monoisotopic (exact) mass is 329 g/mol. The van der Waals surface area contributed by atoms with E-state index in [1.54, 1.807) is 18.4 Å². The average molecular weight is 329 g/mol. The lowest BCUT2D eigenvalue weighted by molar-refractivity contribution is 0.0759. The van der Waals surface area contributed by atoms with Gasteiger partial charge in [-0.25, -0.2) is 0 Å². The second-order valence-electron chi connectivity index (χ2n) is 6.21. The number of ether oxygens (including phenoxy) is 1. The van der Waals surface area contributed by atoms with Gasteiger partial charge in [-0.05, 0) is 54.5 Å². The maximum atomic E-state index is 12.8. The highest BCUT2D eigenvalue weighted by molar-refractivity contribution is 7.12. The average Bonchev–Trinajstić information content (AvgIpc) is 2.87. The minimum atomic E-state index is 0.184. The van der Waals surface area contributed by atoms with Crippen LogP contribution in [0.15, 0.2) is 35.7 Å². The molecule has 1 aliphatic rings. The Labute approximate surface area is 141 Å². The molecule has 0 saturated carbocycles. The highest BCUT2D eigenvalue weighted by Crippen LogP contribution is 2.29. The summed E-state index contributed by atoms with van der Waals surface area (Å²) in [5.41, 5.74) is 2.47. The lowest BCUT2D eigenvalue weighted by Gasteiger charge is -2.24. The molecule has 3 nitrogen and oxygen atoms in total. The van der Waals surface area contributed by atoms with Gasteiger partial charge >= 0.3 is 0 Å². The molecule has 2 aromatic rings. The van der Waals surface area contributed by atoms with Gasteiger partial charge in [0.25, 0.3) is 5.91 Å². The van der Waals surface area contributed by atoms with E-state index in [-0.39, 0.29) is 5.91 Å². The molecule has 0 bridgehead atoms. The van der Waals surface area contributed by atoms with Crippen molar-refractivity contribution in [2.75, 3.05) is 20.2 Å². The third-order valence-corrected chi connectivity index (χ3v) is 5.52. The molecule has 3 rings (SSSR count). The fourth-order valence-corrected chi connectivity index (χ4v) is 4.04. The Balaban J connectivity index is 1.76. The molecule has 1 aromatic heterocycles. The highest BCUT2D eigenvalue weighted by Gasteiger charge is 2.24. The van der Waals surface area contributed by atoms with Crippen molar-refractivity contribution < 1.29 is 9.53 Å². The summed E-state index contributed by atoms with van der Waals surface area (Å²) in [6.07, 6.45) is 3.40. The molecule has 0 N–H and O–H groups in total. The summed E-state index contributed by atoms with van der Waals surface area (Å²) in [5.74, 6) is 1.47. The first-order chi connectivity index (χ1) is 11.2. The van der Waals surface area contributed by atoms with E-state index in [1.807, 2.05) is 35.4 Å². The van der Waals surface area contributed by atoms with E-state index in [0.29, 0.717) is 5.92 Å². The lowest BCUT2D eigenvalue weighted by Crippen LogP contribution is -2.33. The molecule has 0 unspecified atom stereocenters. The number of carbonyl (C=O) groups excluding carboxylic acids is 1. The number of rotatable bonds is 3. The van der Waals surface area contributed by atoms with Crippen molar-refractivity contribution in [3.8, 4) is 5.75 Å². The van der Waals surface area contributed by atoms with Crippen LogP contribution in [0.5, 0.6) is 5.75 Å². The van der Waals surface area contributed by atoms with Crippen molar-refractivity contribution in [2.45, 2.75) is 32.1 Å². The Morgan fingerprint density at radius 1 is 1.26 bits per heavy atom. The van der Waals surface area contributed by atoms with E-state index in [0.717, 1.165) is 36.6 Å². The first-order valence-electron chi connectivity index (χ1n) is 8.15. The van der Waals surface area contributed by atoms with Gasteiger partial charge in [0.2, 0.25) is 0 Å². The maximum absolute atomic E-state index is 12.8. The zero-order chi connectivity index (χ0) is 16.2. The number of hydrogen-bond acceptors (Lipinski definition) is 3. The van der Waals surface area contributed by atoms with Crippen molar-refractivity contribution in [2.24, 2.45) is 0 Å². The number of benzene rings is 1. The fraction of sp³-hybridized carbons (Fsp3) is 0.421. The van der Waals surface area contributed by atoms with Gasteiger partial charge in [0.05, 0.1) is 12.0 Å². The lowest BCUT2D eigenvalue weighted by atomic mass is 9.94. The maximum Gasteiger partial charge on any atom is 0.263 e. The predicted molar refractivity (Wildman–Crippen MR) is 94.5 cm³/mol. The summed E-state index contributed by atoms with van der Waals surface area (Å²) < 4.78 is 5.24. The molecule has 1 fully saturated rings. The van der Waals surface area contributed by atoms with Crippen LogP contribution in [0.3, 0.4) is 0 Å². The molecule has 1 atom stereocenters. The molecular weight excluding hydrogens is 306 g/mol. The number of nitrogens with zero attached hydrogens (tertiary/aromatic N) is 1. The minimum Gasteiger partial charge on any atom is -0.497 e. The summed E-state index contributed by atoms with van der Waals surface area (Å²) in [5, 5.41) is 2.05. The quantitative estimate of drug-likeness (QED) is 0.831. The van der Waals surface area contributed by atoms with Crippen LogP contribution < -0.4 is 4.74 Å². The molecule has 1 amide bonds. The molecule has 4 heteroatoms. The third kappa shape index (κ3) is 3.75. The molecule has 122 valence electrons. The number of methoxy groups -OCH3 is 1. The summed E-state index contributed by atoms with van der Waals surface area (Å²) in [7, 11) is 1.68. The van der Waals surface area contributed by atoms with Gasteiger partial charge in [0.15, 0.2) is 0 Å². The van der Waals surface area contributed by atoms with Crippen molar-refractivity contribution in [3.05, 3.63) is 51.7 Å². The third-order valence-electron chi connectivity index (χ3n) is 4.49. The molecule has 0 radical (unpaired) electrons. The summed E-state index contributed by atoms with van der Waals surface area (Å²) in [4.78, 5) is 15.7. The van der Waals surface area contributed by atoms with Crippen LogP contribution in [0.25, 0.3) is 0 Å². The number of likely N-dealkylation sites (tertiary alicyclic amines) is 1. The van der Waals surface area contributed by atoms with Crippen LogP contribution in [0.1, 0.15) is 46.0 Å². The fourth-order valence-electron chi connectivity index (χ4n) is 3.17. The van der Waals surface area contributed by atoms with Crippen LogP contribution in [0.2, 0.25) is 0 Å². The number of hydrogen-bond donors (Lipinski definition) is 0. The van der Waals surface area contributed by atoms with Crippen LogP contribution in [-0.4, -0.2) is 31.0 Å². The Hall–Kier alpha value is -1.81.